The monoisotopic (exact) mass is 864 g/mol. The number of carboxylic acids is 3. The number of aliphatic carboxylic acids is 3. The number of aliphatic hydroxyl groups excluding tert-OH is 1. The highest BCUT2D eigenvalue weighted by Gasteiger charge is 2.34. The van der Waals surface area contributed by atoms with Crippen molar-refractivity contribution in [1.82, 2.24) is 31.9 Å². The van der Waals surface area contributed by atoms with Crippen molar-refractivity contribution in [2.75, 3.05) is 6.54 Å². The Morgan fingerprint density at radius 1 is 0.623 bits per heavy atom. The predicted octanol–water partition coefficient (Wildman–Crippen LogP) is -3.22. The zero-order chi connectivity index (χ0) is 46.4. The molecule has 0 aliphatic heterocycles. The summed E-state index contributed by atoms with van der Waals surface area (Å²) in [5.41, 5.74) is 17.3. The molecule has 0 fully saturated rings. The van der Waals surface area contributed by atoms with Crippen molar-refractivity contribution in [3.63, 3.8) is 0 Å². The van der Waals surface area contributed by atoms with Gasteiger partial charge in [0.2, 0.25) is 35.4 Å². The maximum absolute atomic E-state index is 13.6. The summed E-state index contributed by atoms with van der Waals surface area (Å²) in [6, 6.07) is -1.46. The van der Waals surface area contributed by atoms with Crippen molar-refractivity contribution in [3.05, 3.63) is 35.9 Å². The van der Waals surface area contributed by atoms with Crippen LogP contribution in [0.2, 0.25) is 0 Å². The number of guanidine groups is 1. The molecule has 1 rings (SSSR count). The number of aliphatic imine (C=N–C) groups is 1. The minimum Gasteiger partial charge on any atom is -0.481 e. The molecule has 16 N–H and O–H groups in total. The minimum atomic E-state index is -1.67. The zero-order valence-corrected chi connectivity index (χ0v) is 34.6. The molecule has 23 nitrogen and oxygen atoms in total. The summed E-state index contributed by atoms with van der Waals surface area (Å²) in [6.45, 7) is 5.91. The highest BCUT2D eigenvalue weighted by molar-refractivity contribution is 5.97. The third kappa shape index (κ3) is 20.9. The fraction of sp³-hybridized carbons (Fsp3) is 0.579. The first kappa shape index (κ1) is 52.7. The summed E-state index contributed by atoms with van der Waals surface area (Å²) < 4.78 is 0. The van der Waals surface area contributed by atoms with Crippen LogP contribution in [0.1, 0.15) is 78.2 Å². The van der Waals surface area contributed by atoms with Crippen molar-refractivity contribution in [3.8, 4) is 0 Å². The quantitative estimate of drug-likeness (QED) is 0.0224. The van der Waals surface area contributed by atoms with E-state index < -0.39 is 127 Å². The van der Waals surface area contributed by atoms with Gasteiger partial charge in [-0.2, -0.15) is 0 Å². The Labute approximate surface area is 352 Å². The number of amides is 6. The second-order valence-electron chi connectivity index (χ2n) is 14.8. The second kappa shape index (κ2) is 26.7. The van der Waals surface area contributed by atoms with E-state index in [1.165, 1.54) is 13.8 Å². The molecule has 0 saturated carbocycles. The Morgan fingerprint density at radius 3 is 1.59 bits per heavy atom. The van der Waals surface area contributed by atoms with E-state index in [1.807, 2.05) is 0 Å². The highest BCUT2D eigenvalue weighted by Crippen LogP contribution is 2.10. The van der Waals surface area contributed by atoms with Crippen molar-refractivity contribution in [2.24, 2.45) is 28.1 Å². The molecule has 0 aliphatic rings. The number of nitrogens with two attached hydrogens (primary N) is 3. The number of nitrogens with zero attached hydrogens (tertiary/aromatic N) is 1. The summed E-state index contributed by atoms with van der Waals surface area (Å²) in [5, 5.41) is 52.7. The number of carboxylic acid groups (broad SMARTS) is 3. The van der Waals surface area contributed by atoms with Gasteiger partial charge in [0, 0.05) is 19.4 Å². The molecule has 1 aromatic rings. The Hall–Kier alpha value is -6.36. The average molecular weight is 865 g/mol. The lowest BCUT2D eigenvalue weighted by Gasteiger charge is -2.27. The molecular formula is C38H60N10O13. The topological polar surface area (TPSA) is 397 Å². The largest absolute Gasteiger partial charge is 0.481 e. The number of carbonyl (C=O) groups is 9. The molecule has 0 radical (unpaired) electrons. The number of benzene rings is 1. The minimum absolute atomic E-state index is 0.0154. The van der Waals surface area contributed by atoms with Crippen molar-refractivity contribution < 1.29 is 63.6 Å². The lowest BCUT2D eigenvalue weighted by Crippen LogP contribution is -2.60. The van der Waals surface area contributed by atoms with Crippen LogP contribution in [0, 0.1) is 5.92 Å². The molecule has 0 spiro atoms. The first-order valence-corrected chi connectivity index (χ1v) is 19.5. The number of rotatable bonds is 28. The number of carbonyl (C=O) groups excluding carboxylic acids is 6. The smallest absolute Gasteiger partial charge is 0.326 e. The summed E-state index contributed by atoms with van der Waals surface area (Å²) in [4.78, 5) is 118. The van der Waals surface area contributed by atoms with Gasteiger partial charge >= 0.3 is 17.9 Å². The van der Waals surface area contributed by atoms with Crippen molar-refractivity contribution >= 4 is 59.3 Å². The maximum atomic E-state index is 13.6. The van der Waals surface area contributed by atoms with Crippen LogP contribution in [0.4, 0.5) is 0 Å². The van der Waals surface area contributed by atoms with Gasteiger partial charge < -0.3 is 69.5 Å². The molecular weight excluding hydrogens is 804 g/mol. The first-order chi connectivity index (χ1) is 28.5. The van der Waals surface area contributed by atoms with Gasteiger partial charge in [-0.15, -0.1) is 0 Å². The Morgan fingerprint density at radius 2 is 1.11 bits per heavy atom. The highest BCUT2D eigenvalue weighted by atomic mass is 16.4. The first-order valence-electron chi connectivity index (χ1n) is 19.5. The lowest BCUT2D eigenvalue weighted by atomic mass is 10.0. The van der Waals surface area contributed by atoms with Crippen LogP contribution < -0.4 is 49.1 Å². The second-order valence-corrected chi connectivity index (χ2v) is 14.8. The van der Waals surface area contributed by atoms with E-state index in [0.29, 0.717) is 0 Å². The summed E-state index contributed by atoms with van der Waals surface area (Å²) in [6.07, 6.45) is -3.66. The van der Waals surface area contributed by atoms with Crippen LogP contribution in [0.25, 0.3) is 0 Å². The molecule has 0 aromatic heterocycles. The standard InChI is InChI=1S/C38H60N10O13/c1-19(2)17-27(35(58)46-26(37(60)61)11-8-16-42-38(40)41)47-34(57)25(13-15-29(52)53)45-33(56)24(12-14-28(50)51)44-31(54)20(3)43-36(59)30(21(4)49)48-32(55)23(39)18-22-9-6-5-7-10-22/h5-7,9-10,19-21,23-27,30,49H,8,11-18,39H2,1-4H3,(H,43,59)(H,44,54)(H,45,56)(H,46,58)(H,47,57)(H,48,55)(H,50,51)(H,52,53)(H,60,61)(H4,40,41,42). The Balaban J connectivity index is 3.19. The third-order valence-electron chi connectivity index (χ3n) is 8.91. The molecule has 340 valence electrons. The van der Waals surface area contributed by atoms with E-state index >= 15 is 0 Å². The van der Waals surface area contributed by atoms with Crippen LogP contribution in [-0.2, 0) is 49.6 Å². The van der Waals surface area contributed by atoms with Crippen LogP contribution in [0.15, 0.2) is 35.3 Å². The van der Waals surface area contributed by atoms with E-state index in [-0.39, 0.29) is 44.1 Å². The molecule has 0 saturated heterocycles. The van der Waals surface area contributed by atoms with E-state index in [0.717, 1.165) is 5.56 Å². The van der Waals surface area contributed by atoms with Crippen LogP contribution in [0.5, 0.6) is 0 Å². The molecule has 61 heavy (non-hydrogen) atoms. The number of aliphatic hydroxyl groups is 1. The zero-order valence-electron chi connectivity index (χ0n) is 34.6. The molecule has 23 heteroatoms. The average Bonchev–Trinajstić information content (AvgIpc) is 3.16. The Bertz CT molecular complexity index is 1710. The van der Waals surface area contributed by atoms with E-state index in [2.05, 4.69) is 36.9 Å². The van der Waals surface area contributed by atoms with Crippen LogP contribution >= 0.6 is 0 Å². The molecule has 8 atom stereocenters. The van der Waals surface area contributed by atoms with Gasteiger partial charge in [-0.3, -0.25) is 43.3 Å². The van der Waals surface area contributed by atoms with E-state index in [9.17, 15) is 63.6 Å². The van der Waals surface area contributed by atoms with Gasteiger partial charge in [0.15, 0.2) is 5.96 Å². The van der Waals surface area contributed by atoms with Gasteiger partial charge in [0.05, 0.1) is 12.1 Å². The molecule has 1 aromatic carbocycles. The lowest BCUT2D eigenvalue weighted by molar-refractivity contribution is -0.142. The van der Waals surface area contributed by atoms with E-state index in [4.69, 9.17) is 17.2 Å². The third-order valence-corrected chi connectivity index (χ3v) is 8.91. The summed E-state index contributed by atoms with van der Waals surface area (Å²) in [5.74, 6) is -10.4. The fourth-order valence-electron chi connectivity index (χ4n) is 5.65. The summed E-state index contributed by atoms with van der Waals surface area (Å²) >= 11 is 0. The number of hydrogen-bond donors (Lipinski definition) is 13. The van der Waals surface area contributed by atoms with Gasteiger partial charge in [-0.1, -0.05) is 44.2 Å². The molecule has 0 bridgehead atoms. The van der Waals surface area contributed by atoms with Crippen LogP contribution in [-0.4, -0.2) is 135 Å². The van der Waals surface area contributed by atoms with Gasteiger partial charge in [0.25, 0.3) is 0 Å². The molecule has 0 heterocycles. The van der Waals surface area contributed by atoms with Gasteiger partial charge in [-0.05, 0) is 63.9 Å². The van der Waals surface area contributed by atoms with Crippen molar-refractivity contribution in [1.29, 1.82) is 0 Å². The Kier molecular flexibility index (Phi) is 23.0. The fourth-order valence-corrected chi connectivity index (χ4v) is 5.65. The van der Waals surface area contributed by atoms with Crippen LogP contribution in [0.3, 0.4) is 0 Å². The predicted molar refractivity (Wildman–Crippen MR) is 218 cm³/mol. The molecule has 0 aliphatic carbocycles. The molecule has 6 amide bonds. The van der Waals surface area contributed by atoms with Gasteiger partial charge in [-0.25, -0.2) is 4.79 Å². The van der Waals surface area contributed by atoms with Crippen molar-refractivity contribution in [2.45, 2.75) is 127 Å². The SMILES string of the molecule is CC(C)CC(NC(=O)C(CCC(=O)O)NC(=O)C(CCC(=O)O)NC(=O)C(C)NC(=O)C(NC(=O)C(N)Cc1ccccc1)C(C)O)C(=O)NC(CCCN=C(N)N)C(=O)O. The van der Waals surface area contributed by atoms with Gasteiger partial charge in [0.1, 0.15) is 36.3 Å². The normalized spacial score (nSPS) is 14.9. The summed E-state index contributed by atoms with van der Waals surface area (Å²) in [7, 11) is 0. The molecule has 8 unspecified atom stereocenters. The van der Waals surface area contributed by atoms with E-state index in [1.54, 1.807) is 44.2 Å². The number of hydrogen-bond acceptors (Lipinski definition) is 12. The maximum Gasteiger partial charge on any atom is 0.326 e. The number of nitrogens with one attached hydrogen (secondary N) is 6.